The molecule has 0 rings (SSSR count). The van der Waals surface area contributed by atoms with Crippen molar-refractivity contribution in [2.45, 2.75) is 171 Å². The number of ether oxygens (including phenoxy) is 1. The first-order chi connectivity index (χ1) is 16.8. The normalized spacial score (nSPS) is 15.9. The van der Waals surface area contributed by atoms with Gasteiger partial charge in [0.1, 0.15) is 0 Å². The Bertz CT molecular complexity index is 390. The van der Waals surface area contributed by atoms with Gasteiger partial charge in [0.05, 0.1) is 0 Å². The minimum atomic E-state index is 0.744. The molecule has 0 bridgehead atoms. The summed E-state index contributed by atoms with van der Waals surface area (Å²) in [7, 11) is 1.90. The van der Waals surface area contributed by atoms with Crippen LogP contribution in [0.25, 0.3) is 0 Å². The van der Waals surface area contributed by atoms with E-state index < -0.39 is 0 Å². The van der Waals surface area contributed by atoms with Crippen molar-refractivity contribution in [3.05, 3.63) is 0 Å². The van der Waals surface area contributed by atoms with E-state index in [4.69, 9.17) is 4.74 Å². The van der Waals surface area contributed by atoms with Crippen LogP contribution in [-0.2, 0) is 4.74 Å². The monoisotopic (exact) mass is 497 g/mol. The molecular formula is C34H72O. The quantitative estimate of drug-likeness (QED) is 0.128. The van der Waals surface area contributed by atoms with E-state index in [-0.39, 0.29) is 0 Å². The Morgan fingerprint density at radius 3 is 1.54 bits per heavy atom. The number of rotatable bonds is 23. The number of unbranched alkanes of at least 4 members (excludes halogenated alkanes) is 7. The summed E-state index contributed by atoms with van der Waals surface area (Å²) in [6, 6.07) is 0. The van der Waals surface area contributed by atoms with Gasteiger partial charge in [-0.25, -0.2) is 0 Å². The third kappa shape index (κ3) is 21.7. The lowest BCUT2D eigenvalue weighted by Crippen LogP contribution is -2.24. The molecule has 0 heterocycles. The first-order valence-electron chi connectivity index (χ1n) is 16.3. The van der Waals surface area contributed by atoms with Crippen LogP contribution < -0.4 is 0 Å². The van der Waals surface area contributed by atoms with Gasteiger partial charge in [0.25, 0.3) is 0 Å². The summed E-state index contributed by atoms with van der Waals surface area (Å²) in [5, 5.41) is 0. The predicted molar refractivity (Wildman–Crippen MR) is 162 cm³/mol. The van der Waals surface area contributed by atoms with Crippen LogP contribution >= 0.6 is 0 Å². The Hall–Kier alpha value is -0.0400. The maximum Gasteiger partial charge on any atom is 0.0493 e. The molecule has 0 saturated heterocycles. The van der Waals surface area contributed by atoms with Gasteiger partial charge in [-0.3, -0.25) is 0 Å². The van der Waals surface area contributed by atoms with Crippen LogP contribution in [0.15, 0.2) is 0 Å². The highest BCUT2D eigenvalue weighted by Gasteiger charge is 2.24. The van der Waals surface area contributed by atoms with Crippen molar-refractivity contribution in [2.24, 2.45) is 35.5 Å². The Labute approximate surface area is 225 Å². The summed E-state index contributed by atoms with van der Waals surface area (Å²) in [5.74, 6) is 5.06. The molecule has 214 valence electrons. The molecule has 0 saturated carbocycles. The van der Waals surface area contributed by atoms with Crippen LogP contribution in [0.3, 0.4) is 0 Å². The molecular weight excluding hydrogens is 424 g/mol. The van der Waals surface area contributed by atoms with Crippen LogP contribution in [0.2, 0.25) is 0 Å². The molecule has 0 fully saturated rings. The molecule has 35 heavy (non-hydrogen) atoms. The molecule has 5 atom stereocenters. The van der Waals surface area contributed by atoms with Crippen LogP contribution in [0, 0.1) is 35.5 Å². The molecule has 0 aliphatic carbocycles. The van der Waals surface area contributed by atoms with Crippen molar-refractivity contribution in [3.8, 4) is 0 Å². The lowest BCUT2D eigenvalue weighted by molar-refractivity contribution is 0.0907. The van der Waals surface area contributed by atoms with E-state index in [9.17, 15) is 0 Å². The van der Waals surface area contributed by atoms with E-state index in [0.29, 0.717) is 0 Å². The van der Waals surface area contributed by atoms with Gasteiger partial charge in [-0.2, -0.15) is 0 Å². The second-order valence-corrected chi connectivity index (χ2v) is 12.3. The Kier molecular flexibility index (Phi) is 28.6. The molecule has 0 aromatic carbocycles. The third-order valence-electron chi connectivity index (χ3n) is 8.57. The fraction of sp³-hybridized carbons (Fsp3) is 1.00. The predicted octanol–water partition coefficient (Wildman–Crippen LogP) is 12.1. The molecule has 0 amide bonds. The first-order valence-corrected chi connectivity index (χ1v) is 16.3. The number of hydrogen-bond acceptors (Lipinski definition) is 1. The van der Waals surface area contributed by atoms with Gasteiger partial charge >= 0.3 is 0 Å². The summed E-state index contributed by atoms with van der Waals surface area (Å²) in [6.07, 6.45) is 23.8. The van der Waals surface area contributed by atoms with E-state index in [1.807, 2.05) is 7.11 Å². The highest BCUT2D eigenvalue weighted by atomic mass is 16.5. The molecule has 0 aromatic rings. The molecule has 1 nitrogen and oxygen atoms in total. The molecule has 0 spiro atoms. The van der Waals surface area contributed by atoms with Gasteiger partial charge < -0.3 is 4.74 Å². The van der Waals surface area contributed by atoms with Crippen LogP contribution in [0.1, 0.15) is 171 Å². The van der Waals surface area contributed by atoms with Crippen molar-refractivity contribution < 1.29 is 4.74 Å². The maximum absolute atomic E-state index is 5.69. The SMILES string of the molecule is CCC.CCCCCCCC(CCCCC(COC)C(C)C(CC)CCCCC)CC(C)C(C)C. The number of hydrogen-bond donors (Lipinski definition) is 0. The topological polar surface area (TPSA) is 9.23 Å². The van der Waals surface area contributed by atoms with Gasteiger partial charge in [0.15, 0.2) is 0 Å². The van der Waals surface area contributed by atoms with Crippen molar-refractivity contribution in [1.82, 2.24) is 0 Å². The molecule has 5 unspecified atom stereocenters. The second-order valence-electron chi connectivity index (χ2n) is 12.3. The minimum absolute atomic E-state index is 0.744. The molecule has 0 aromatic heterocycles. The smallest absolute Gasteiger partial charge is 0.0493 e. The molecule has 1 heteroatoms. The molecule has 0 N–H and O–H groups in total. The van der Waals surface area contributed by atoms with Crippen molar-refractivity contribution >= 4 is 0 Å². The van der Waals surface area contributed by atoms with Crippen LogP contribution in [-0.4, -0.2) is 13.7 Å². The minimum Gasteiger partial charge on any atom is -0.384 e. The zero-order chi connectivity index (χ0) is 26.9. The van der Waals surface area contributed by atoms with E-state index >= 15 is 0 Å². The zero-order valence-corrected chi connectivity index (χ0v) is 26.6. The Morgan fingerprint density at radius 2 is 1.03 bits per heavy atom. The van der Waals surface area contributed by atoms with Crippen molar-refractivity contribution in [3.63, 3.8) is 0 Å². The van der Waals surface area contributed by atoms with Gasteiger partial charge in [-0.1, -0.05) is 159 Å². The van der Waals surface area contributed by atoms with Crippen LogP contribution in [0.4, 0.5) is 0 Å². The third-order valence-corrected chi connectivity index (χ3v) is 8.57. The summed E-state index contributed by atoms with van der Waals surface area (Å²) in [5.41, 5.74) is 0. The lowest BCUT2D eigenvalue weighted by Gasteiger charge is -2.31. The first kappa shape index (κ1) is 37.1. The fourth-order valence-corrected chi connectivity index (χ4v) is 5.65. The summed E-state index contributed by atoms with van der Waals surface area (Å²) >= 11 is 0. The van der Waals surface area contributed by atoms with E-state index in [0.717, 1.165) is 42.1 Å². The largest absolute Gasteiger partial charge is 0.384 e. The van der Waals surface area contributed by atoms with Gasteiger partial charge in [0, 0.05) is 13.7 Å². The summed E-state index contributed by atoms with van der Waals surface area (Å²) in [4.78, 5) is 0. The Balaban J connectivity index is 0. The van der Waals surface area contributed by atoms with E-state index in [1.54, 1.807) is 0 Å². The van der Waals surface area contributed by atoms with Gasteiger partial charge in [-0.15, -0.1) is 0 Å². The van der Waals surface area contributed by atoms with Crippen LogP contribution in [0.5, 0.6) is 0 Å². The molecule has 0 aliphatic heterocycles. The summed E-state index contributed by atoms with van der Waals surface area (Å²) in [6.45, 7) is 22.1. The van der Waals surface area contributed by atoms with Crippen molar-refractivity contribution in [2.75, 3.05) is 13.7 Å². The Morgan fingerprint density at radius 1 is 0.571 bits per heavy atom. The highest BCUT2D eigenvalue weighted by molar-refractivity contribution is 4.75. The summed E-state index contributed by atoms with van der Waals surface area (Å²) < 4.78 is 5.69. The zero-order valence-electron chi connectivity index (χ0n) is 26.6. The van der Waals surface area contributed by atoms with E-state index in [2.05, 4.69) is 62.3 Å². The molecule has 0 radical (unpaired) electrons. The number of methoxy groups -OCH3 is 1. The maximum atomic E-state index is 5.69. The average Bonchev–Trinajstić information content (AvgIpc) is 2.83. The average molecular weight is 497 g/mol. The van der Waals surface area contributed by atoms with Gasteiger partial charge in [-0.05, 0) is 48.3 Å². The fourth-order valence-electron chi connectivity index (χ4n) is 5.65. The molecule has 0 aliphatic rings. The highest BCUT2D eigenvalue weighted by Crippen LogP contribution is 2.33. The lowest BCUT2D eigenvalue weighted by atomic mass is 9.76. The second kappa shape index (κ2) is 27.0. The standard InChI is InChI=1S/C31H64O.C3H8/c1-9-12-14-15-17-20-29(24-27(6)26(4)5)21-18-19-23-31(25-32-8)28(7)30(11-3)22-16-13-10-2;1-3-2/h26-31H,9-25H2,1-8H3;3H2,1-2H3. The van der Waals surface area contributed by atoms with E-state index in [1.165, 1.54) is 109 Å². The van der Waals surface area contributed by atoms with Crippen molar-refractivity contribution in [1.29, 1.82) is 0 Å². The van der Waals surface area contributed by atoms with Gasteiger partial charge in [0.2, 0.25) is 0 Å².